The molecule has 0 atom stereocenters. The summed E-state index contributed by atoms with van der Waals surface area (Å²) in [6, 6.07) is 1.31. The van der Waals surface area contributed by atoms with Gasteiger partial charge in [-0.1, -0.05) is 11.6 Å². The summed E-state index contributed by atoms with van der Waals surface area (Å²) < 4.78 is 24.0. The number of aromatic nitrogens is 1. The number of sulfonamides is 1. The van der Waals surface area contributed by atoms with Crippen LogP contribution in [0.5, 0.6) is 0 Å². The lowest BCUT2D eigenvalue weighted by atomic mass is 10.2. The van der Waals surface area contributed by atoms with Crippen LogP contribution in [0.4, 0.5) is 5.82 Å². The number of hydrogen-bond donors (Lipinski definition) is 3. The van der Waals surface area contributed by atoms with Crippen molar-refractivity contribution in [3.63, 3.8) is 0 Å². The lowest BCUT2D eigenvalue weighted by Crippen LogP contribution is -2.24. The number of hydrogen-bond acceptors (Lipinski definition) is 5. The molecule has 1 aromatic heterocycles. The summed E-state index contributed by atoms with van der Waals surface area (Å²) >= 11 is 5.87. The summed E-state index contributed by atoms with van der Waals surface area (Å²) in [5, 5.41) is 11.8. The number of carboxylic acid groups (broad SMARTS) is 1. The van der Waals surface area contributed by atoms with Crippen molar-refractivity contribution in [2.75, 3.05) is 24.7 Å². The minimum atomic E-state index is -3.19. The molecule has 0 aliphatic heterocycles. The van der Waals surface area contributed by atoms with Gasteiger partial charge in [0.2, 0.25) is 10.0 Å². The van der Waals surface area contributed by atoms with Gasteiger partial charge in [0.05, 0.1) is 16.8 Å². The molecule has 0 aliphatic rings. The van der Waals surface area contributed by atoms with E-state index in [1.807, 2.05) is 0 Å². The van der Waals surface area contributed by atoms with Gasteiger partial charge in [-0.25, -0.2) is 22.9 Å². The molecule has 0 fully saturated rings. The lowest BCUT2D eigenvalue weighted by Gasteiger charge is -2.08. The molecule has 0 amide bonds. The Hall–Kier alpha value is -1.38. The Kier molecular flexibility index (Phi) is 5.52. The molecule has 0 aliphatic carbocycles. The maximum absolute atomic E-state index is 10.8. The predicted molar refractivity (Wildman–Crippen MR) is 72.2 cm³/mol. The molecule has 1 rings (SSSR count). The number of pyridine rings is 1. The summed E-state index contributed by atoms with van der Waals surface area (Å²) in [4.78, 5) is 14.8. The average molecular weight is 308 g/mol. The fourth-order valence-corrected chi connectivity index (χ4v) is 2.06. The number of carbonyl (C=O) groups is 1. The Morgan fingerprint density at radius 1 is 1.47 bits per heavy atom. The van der Waals surface area contributed by atoms with E-state index in [1.165, 1.54) is 12.3 Å². The molecular formula is C10H14ClN3O4S. The van der Waals surface area contributed by atoms with Crippen LogP contribution < -0.4 is 10.0 Å². The number of carboxylic acids is 1. The number of aromatic carboxylic acids is 1. The van der Waals surface area contributed by atoms with E-state index in [-0.39, 0.29) is 22.9 Å². The average Bonchev–Trinajstić information content (AvgIpc) is 2.28. The van der Waals surface area contributed by atoms with Crippen molar-refractivity contribution in [3.8, 4) is 0 Å². The van der Waals surface area contributed by atoms with Crippen LogP contribution in [0.1, 0.15) is 16.8 Å². The van der Waals surface area contributed by atoms with E-state index in [2.05, 4.69) is 15.0 Å². The van der Waals surface area contributed by atoms with E-state index in [4.69, 9.17) is 16.7 Å². The summed E-state index contributed by atoms with van der Waals surface area (Å²) in [5.41, 5.74) is -0.0339. The molecule has 1 aromatic rings. The third kappa shape index (κ3) is 5.41. The van der Waals surface area contributed by atoms with Gasteiger partial charge >= 0.3 is 5.97 Å². The minimum absolute atomic E-state index is 0.0334. The van der Waals surface area contributed by atoms with Crippen molar-refractivity contribution < 1.29 is 18.3 Å². The molecule has 0 bridgehead atoms. The molecule has 1 heterocycles. The van der Waals surface area contributed by atoms with E-state index in [0.717, 1.165) is 6.26 Å². The van der Waals surface area contributed by atoms with Crippen molar-refractivity contribution in [1.82, 2.24) is 9.71 Å². The lowest BCUT2D eigenvalue weighted by molar-refractivity contribution is 0.0697. The first kappa shape index (κ1) is 15.7. The standard InChI is InChI=1S/C10H14ClN3O4S/c1-19(17,18)14-5-2-4-12-9-8(11)7(10(15)16)3-6-13-9/h3,6,14H,2,4-5H2,1H3,(H,12,13)(H,15,16). The second-order valence-electron chi connectivity index (χ2n) is 3.77. The summed E-state index contributed by atoms with van der Waals surface area (Å²) in [5.74, 6) is -0.866. The third-order valence-corrected chi connectivity index (χ3v) is 3.24. The van der Waals surface area contributed by atoms with Crippen LogP contribution in [0, 0.1) is 0 Å². The monoisotopic (exact) mass is 307 g/mol. The summed E-state index contributed by atoms with van der Waals surface area (Å²) in [6.45, 7) is 0.695. The fourth-order valence-electron chi connectivity index (χ4n) is 1.28. The Morgan fingerprint density at radius 3 is 2.74 bits per heavy atom. The maximum atomic E-state index is 10.8. The second-order valence-corrected chi connectivity index (χ2v) is 5.98. The number of nitrogens with zero attached hydrogens (tertiary/aromatic N) is 1. The van der Waals surface area contributed by atoms with Gasteiger partial charge in [-0.3, -0.25) is 0 Å². The highest BCUT2D eigenvalue weighted by molar-refractivity contribution is 7.88. The van der Waals surface area contributed by atoms with Gasteiger partial charge in [0.25, 0.3) is 0 Å². The smallest absolute Gasteiger partial charge is 0.337 e. The van der Waals surface area contributed by atoms with Crippen LogP contribution >= 0.6 is 11.6 Å². The van der Waals surface area contributed by atoms with Crippen LogP contribution in [-0.4, -0.2) is 43.8 Å². The van der Waals surface area contributed by atoms with E-state index in [1.54, 1.807) is 0 Å². The van der Waals surface area contributed by atoms with Gasteiger partial charge in [0.1, 0.15) is 5.82 Å². The van der Waals surface area contributed by atoms with Gasteiger partial charge < -0.3 is 10.4 Å². The van der Waals surface area contributed by atoms with Crippen LogP contribution in [0.25, 0.3) is 0 Å². The van der Waals surface area contributed by atoms with Gasteiger partial charge in [-0.15, -0.1) is 0 Å². The fraction of sp³-hybridized carbons (Fsp3) is 0.400. The van der Waals surface area contributed by atoms with E-state index >= 15 is 0 Å². The van der Waals surface area contributed by atoms with Crippen molar-refractivity contribution >= 4 is 33.4 Å². The zero-order chi connectivity index (χ0) is 14.5. The third-order valence-electron chi connectivity index (χ3n) is 2.13. The highest BCUT2D eigenvalue weighted by Gasteiger charge is 2.12. The Labute approximate surface area is 116 Å². The Bertz CT molecular complexity index is 562. The van der Waals surface area contributed by atoms with E-state index in [0.29, 0.717) is 13.0 Å². The first-order chi connectivity index (χ1) is 8.81. The van der Waals surface area contributed by atoms with Crippen molar-refractivity contribution in [3.05, 3.63) is 22.8 Å². The first-order valence-corrected chi connectivity index (χ1v) is 7.64. The zero-order valence-electron chi connectivity index (χ0n) is 10.2. The quantitative estimate of drug-likeness (QED) is 0.643. The topological polar surface area (TPSA) is 108 Å². The van der Waals surface area contributed by atoms with Gasteiger partial charge in [0, 0.05) is 19.3 Å². The van der Waals surface area contributed by atoms with Crippen LogP contribution in [-0.2, 0) is 10.0 Å². The Morgan fingerprint density at radius 2 is 2.16 bits per heavy atom. The predicted octanol–water partition coefficient (Wildman–Crippen LogP) is 0.784. The number of nitrogens with one attached hydrogen (secondary N) is 2. The molecule has 0 unspecified atom stereocenters. The molecule has 0 aromatic carbocycles. The van der Waals surface area contributed by atoms with E-state index < -0.39 is 16.0 Å². The largest absolute Gasteiger partial charge is 0.478 e. The molecule has 19 heavy (non-hydrogen) atoms. The number of anilines is 1. The molecule has 7 nitrogen and oxygen atoms in total. The first-order valence-electron chi connectivity index (χ1n) is 5.37. The molecule has 0 saturated heterocycles. The normalized spacial score (nSPS) is 11.3. The van der Waals surface area contributed by atoms with E-state index in [9.17, 15) is 13.2 Å². The highest BCUT2D eigenvalue weighted by Crippen LogP contribution is 2.23. The molecule has 0 radical (unpaired) electrons. The molecule has 3 N–H and O–H groups in total. The minimum Gasteiger partial charge on any atom is -0.478 e. The van der Waals surface area contributed by atoms with Crippen LogP contribution in [0.2, 0.25) is 5.02 Å². The second kappa shape index (κ2) is 6.69. The molecule has 0 spiro atoms. The number of halogens is 1. The zero-order valence-corrected chi connectivity index (χ0v) is 11.8. The van der Waals surface area contributed by atoms with Gasteiger partial charge in [-0.2, -0.15) is 0 Å². The van der Waals surface area contributed by atoms with Crippen LogP contribution in [0.3, 0.4) is 0 Å². The van der Waals surface area contributed by atoms with Gasteiger partial charge in [-0.05, 0) is 12.5 Å². The van der Waals surface area contributed by atoms with Gasteiger partial charge in [0.15, 0.2) is 0 Å². The maximum Gasteiger partial charge on any atom is 0.337 e. The Balaban J connectivity index is 2.50. The number of rotatable bonds is 7. The molecule has 0 saturated carbocycles. The summed E-state index contributed by atoms with van der Waals surface area (Å²) in [6.07, 6.45) is 2.93. The molecule has 9 heteroatoms. The van der Waals surface area contributed by atoms with Crippen LogP contribution in [0.15, 0.2) is 12.3 Å². The molecule has 106 valence electrons. The molecular weight excluding hydrogens is 294 g/mol. The summed E-state index contributed by atoms with van der Waals surface area (Å²) in [7, 11) is -3.19. The highest BCUT2D eigenvalue weighted by atomic mass is 35.5. The van der Waals surface area contributed by atoms with Crippen molar-refractivity contribution in [2.24, 2.45) is 0 Å². The van der Waals surface area contributed by atoms with Crippen molar-refractivity contribution in [2.45, 2.75) is 6.42 Å². The van der Waals surface area contributed by atoms with Crippen molar-refractivity contribution in [1.29, 1.82) is 0 Å². The SMILES string of the molecule is CS(=O)(=O)NCCCNc1nccc(C(=O)O)c1Cl.